The zero-order chi connectivity index (χ0) is 19.3. The third kappa shape index (κ3) is 2.42. The highest BCUT2D eigenvalue weighted by atomic mass is 35.5. The Hall–Kier alpha value is -2.94. The van der Waals surface area contributed by atoms with Crippen molar-refractivity contribution in [1.29, 1.82) is 0 Å². The molecule has 136 valence electrons. The Balaban J connectivity index is 1.79. The van der Waals surface area contributed by atoms with Gasteiger partial charge in [0.05, 0.1) is 0 Å². The molecule has 0 saturated carbocycles. The summed E-state index contributed by atoms with van der Waals surface area (Å²) in [6.07, 6.45) is 0.286. The minimum Gasteiger partial charge on any atom is -0.380 e. The molecule has 0 radical (unpaired) electrons. The van der Waals surface area contributed by atoms with Gasteiger partial charge in [-0.25, -0.2) is 0 Å². The fourth-order valence-corrected chi connectivity index (χ4v) is 4.54. The van der Waals surface area contributed by atoms with Crippen LogP contribution in [0, 0.1) is 0 Å². The molecule has 0 saturated heterocycles. The van der Waals surface area contributed by atoms with Crippen LogP contribution in [0.5, 0.6) is 0 Å². The summed E-state index contributed by atoms with van der Waals surface area (Å²) < 4.78 is 0. The van der Waals surface area contributed by atoms with Gasteiger partial charge in [0.15, 0.2) is 5.78 Å². The lowest BCUT2D eigenvalue weighted by atomic mass is 9.71. The Morgan fingerprint density at radius 1 is 0.750 bits per heavy atom. The van der Waals surface area contributed by atoms with Crippen LogP contribution in [-0.2, 0) is 12.0 Å². The van der Waals surface area contributed by atoms with Crippen LogP contribution in [0.1, 0.15) is 32.6 Å². The van der Waals surface area contributed by atoms with E-state index in [1.165, 1.54) is 0 Å². The van der Waals surface area contributed by atoms with Crippen molar-refractivity contribution in [3.05, 3.63) is 118 Å². The molecule has 1 N–H and O–H groups in total. The van der Waals surface area contributed by atoms with Crippen LogP contribution in [0.15, 0.2) is 84.9 Å². The van der Waals surface area contributed by atoms with Gasteiger partial charge >= 0.3 is 0 Å². The predicted molar refractivity (Wildman–Crippen MR) is 112 cm³/mol. The first kappa shape index (κ1) is 17.2. The Morgan fingerprint density at radius 3 is 2.00 bits per heavy atom. The lowest BCUT2D eigenvalue weighted by Gasteiger charge is -2.36. The maximum Gasteiger partial charge on any atom is 0.193 e. The predicted octanol–water partition coefficient (Wildman–Crippen LogP) is 5.52. The summed E-state index contributed by atoms with van der Waals surface area (Å²) in [4.78, 5) is 13.0. The zero-order valence-electron chi connectivity index (χ0n) is 15.0. The maximum absolute atomic E-state index is 13.0. The van der Waals surface area contributed by atoms with Crippen molar-refractivity contribution in [2.45, 2.75) is 12.0 Å². The summed E-state index contributed by atoms with van der Waals surface area (Å²) in [7, 11) is 0. The minimum absolute atomic E-state index is 0.0557. The van der Waals surface area contributed by atoms with Gasteiger partial charge in [-0.15, -0.1) is 0 Å². The molecule has 4 aromatic rings. The molecule has 0 spiro atoms. The summed E-state index contributed by atoms with van der Waals surface area (Å²) in [6, 6.07) is 26.5. The van der Waals surface area contributed by atoms with E-state index < -0.39 is 5.60 Å². The fourth-order valence-electron chi connectivity index (χ4n) is 4.31. The van der Waals surface area contributed by atoms with Gasteiger partial charge in [0.1, 0.15) is 5.60 Å². The van der Waals surface area contributed by atoms with Crippen LogP contribution >= 0.6 is 11.6 Å². The molecule has 0 bridgehead atoms. The van der Waals surface area contributed by atoms with E-state index in [4.69, 9.17) is 11.6 Å². The molecule has 4 aromatic carbocycles. The normalized spacial score (nSPS) is 14.6. The van der Waals surface area contributed by atoms with Gasteiger partial charge in [-0.05, 0) is 33.5 Å². The molecule has 2 nitrogen and oxygen atoms in total. The van der Waals surface area contributed by atoms with Crippen molar-refractivity contribution in [1.82, 2.24) is 0 Å². The Morgan fingerprint density at radius 2 is 1.32 bits per heavy atom. The van der Waals surface area contributed by atoms with E-state index in [1.807, 2.05) is 72.8 Å². The highest BCUT2D eigenvalue weighted by Gasteiger charge is 2.42. The molecule has 1 aliphatic carbocycles. The second-order valence-electron chi connectivity index (χ2n) is 7.20. The first-order chi connectivity index (χ1) is 13.6. The second-order valence-corrected chi connectivity index (χ2v) is 7.61. The van der Waals surface area contributed by atoms with Crippen LogP contribution in [-0.4, -0.2) is 10.9 Å². The minimum atomic E-state index is -1.34. The highest BCUT2D eigenvalue weighted by Crippen LogP contribution is 2.43. The number of carbonyl (C=O) groups excluding carboxylic acids is 1. The van der Waals surface area contributed by atoms with E-state index in [1.54, 1.807) is 12.1 Å². The molecule has 28 heavy (non-hydrogen) atoms. The first-order valence-electron chi connectivity index (χ1n) is 9.22. The van der Waals surface area contributed by atoms with Crippen molar-refractivity contribution in [2.24, 2.45) is 0 Å². The summed E-state index contributed by atoms with van der Waals surface area (Å²) in [5.41, 5.74) is 1.88. The molecule has 0 heterocycles. The Bertz CT molecular complexity index is 1190. The lowest BCUT2D eigenvalue weighted by molar-refractivity contribution is 0.0724. The number of carbonyl (C=O) groups is 1. The van der Waals surface area contributed by atoms with Crippen LogP contribution in [0.2, 0.25) is 5.02 Å². The molecular formula is C25H17ClO2. The SMILES string of the molecule is O=C1c2ccccc2C(O)(Cc2c(Cl)ccc3ccccc23)c2ccccc21. The van der Waals surface area contributed by atoms with Crippen LogP contribution in [0.3, 0.4) is 0 Å². The van der Waals surface area contributed by atoms with Gasteiger partial charge in [0, 0.05) is 22.6 Å². The topological polar surface area (TPSA) is 37.3 Å². The molecule has 5 rings (SSSR count). The number of benzene rings is 4. The summed E-state index contributed by atoms with van der Waals surface area (Å²) in [5, 5.41) is 14.7. The van der Waals surface area contributed by atoms with Gasteiger partial charge in [-0.2, -0.15) is 0 Å². The fraction of sp³-hybridized carbons (Fsp3) is 0.0800. The van der Waals surface area contributed by atoms with Gasteiger partial charge in [-0.1, -0.05) is 90.5 Å². The monoisotopic (exact) mass is 384 g/mol. The average Bonchev–Trinajstić information content (AvgIpc) is 2.74. The number of fused-ring (bicyclic) bond motifs is 3. The van der Waals surface area contributed by atoms with Gasteiger partial charge in [-0.3, -0.25) is 4.79 Å². The number of aliphatic hydroxyl groups is 1. The van der Waals surface area contributed by atoms with Crippen LogP contribution < -0.4 is 0 Å². The van der Waals surface area contributed by atoms with E-state index in [0.29, 0.717) is 27.3 Å². The summed E-state index contributed by atoms with van der Waals surface area (Å²) in [5.74, 6) is -0.0557. The van der Waals surface area contributed by atoms with E-state index in [0.717, 1.165) is 16.3 Å². The Labute approximate surface area is 168 Å². The number of ketones is 1. The maximum atomic E-state index is 13.0. The summed E-state index contributed by atoms with van der Waals surface area (Å²) >= 11 is 6.59. The summed E-state index contributed by atoms with van der Waals surface area (Å²) in [6.45, 7) is 0. The molecule has 0 aliphatic heterocycles. The molecule has 3 heteroatoms. The van der Waals surface area contributed by atoms with E-state index in [-0.39, 0.29) is 12.2 Å². The third-order valence-electron chi connectivity index (χ3n) is 5.65. The number of halogens is 1. The van der Waals surface area contributed by atoms with Gasteiger partial charge in [0.25, 0.3) is 0 Å². The average molecular weight is 385 g/mol. The van der Waals surface area contributed by atoms with E-state index >= 15 is 0 Å². The van der Waals surface area contributed by atoms with Crippen LogP contribution in [0.25, 0.3) is 10.8 Å². The molecule has 0 aromatic heterocycles. The zero-order valence-corrected chi connectivity index (χ0v) is 15.8. The van der Waals surface area contributed by atoms with Crippen molar-refractivity contribution in [3.63, 3.8) is 0 Å². The third-order valence-corrected chi connectivity index (χ3v) is 6.00. The Kier molecular flexibility index (Phi) is 3.87. The number of hydrogen-bond acceptors (Lipinski definition) is 2. The number of rotatable bonds is 2. The highest BCUT2D eigenvalue weighted by molar-refractivity contribution is 6.32. The molecule has 0 atom stereocenters. The molecular weight excluding hydrogens is 368 g/mol. The van der Waals surface area contributed by atoms with Crippen molar-refractivity contribution < 1.29 is 9.90 Å². The molecule has 0 unspecified atom stereocenters. The van der Waals surface area contributed by atoms with E-state index in [2.05, 4.69) is 0 Å². The molecule has 0 fully saturated rings. The standard InChI is InChI=1S/C25H17ClO2/c26-23-14-13-16-7-1-2-8-17(16)20(23)15-25(28)21-11-5-3-9-18(21)24(27)19-10-4-6-12-22(19)25/h1-14,28H,15H2. The van der Waals surface area contributed by atoms with Crippen LogP contribution in [0.4, 0.5) is 0 Å². The van der Waals surface area contributed by atoms with Crippen molar-refractivity contribution in [2.75, 3.05) is 0 Å². The second kappa shape index (κ2) is 6.30. The van der Waals surface area contributed by atoms with Crippen molar-refractivity contribution in [3.8, 4) is 0 Å². The smallest absolute Gasteiger partial charge is 0.193 e. The van der Waals surface area contributed by atoms with E-state index in [9.17, 15) is 9.90 Å². The molecule has 1 aliphatic rings. The number of hydrogen-bond donors (Lipinski definition) is 1. The quantitative estimate of drug-likeness (QED) is 0.494. The van der Waals surface area contributed by atoms with Gasteiger partial charge in [0.2, 0.25) is 0 Å². The van der Waals surface area contributed by atoms with Crippen molar-refractivity contribution >= 4 is 28.2 Å². The van der Waals surface area contributed by atoms with Gasteiger partial charge < -0.3 is 5.11 Å². The first-order valence-corrected chi connectivity index (χ1v) is 9.59. The molecule has 0 amide bonds. The largest absolute Gasteiger partial charge is 0.380 e. The lowest BCUT2D eigenvalue weighted by Crippen LogP contribution is -2.37.